The van der Waals surface area contributed by atoms with E-state index < -0.39 is 33.2 Å². The molecular weight excluding hydrogens is 727 g/mol. The zero-order valence-electron chi connectivity index (χ0n) is 36.6. The number of hydrogen-bond acceptors (Lipinski definition) is 8. The normalized spacial score (nSPS) is 14.0. The third kappa shape index (κ3) is 42.8. The second-order valence-electron chi connectivity index (χ2n) is 16.1. The molecule has 0 bridgehead atoms. The van der Waals surface area contributed by atoms with Crippen LogP contribution in [-0.4, -0.2) is 66.3 Å². The molecule has 0 saturated heterocycles. The summed E-state index contributed by atoms with van der Waals surface area (Å²) in [5, 5.41) is 18.4. The molecule has 56 heavy (non-hydrogen) atoms. The Morgan fingerprint density at radius 3 is 1.36 bits per heavy atom. The molecule has 0 saturated carbocycles. The van der Waals surface area contributed by atoms with Crippen molar-refractivity contribution in [2.45, 2.75) is 244 Å². The Labute approximate surface area is 345 Å². The predicted octanol–water partition coefficient (Wildman–Crippen LogP) is 13.3. The van der Waals surface area contributed by atoms with Gasteiger partial charge in [0.2, 0.25) is 0 Å². The summed E-state index contributed by atoms with van der Waals surface area (Å²) >= 11 is 0. The molecule has 0 spiro atoms. The quantitative estimate of drug-likeness (QED) is 0.0238. The first-order chi connectivity index (χ1) is 27.3. The molecule has 0 heterocycles. The van der Waals surface area contributed by atoms with Gasteiger partial charge in [0, 0.05) is 13.0 Å². The first kappa shape index (κ1) is 55.2. The number of ether oxygens (including phenoxy) is 2. The molecule has 334 valence electrons. The van der Waals surface area contributed by atoms with Gasteiger partial charge in [0.1, 0.15) is 12.2 Å². The van der Waals surface area contributed by atoms with Crippen molar-refractivity contribution in [3.05, 3.63) is 12.2 Å². The summed E-state index contributed by atoms with van der Waals surface area (Å²) in [6, 6.07) is 0. The Bertz CT molecular complexity index is 887. The number of aliphatic hydroxyl groups excluding tert-OH is 2. The number of carbonyl (C=O) groups excluding carboxylic acids is 1. The first-order valence-electron chi connectivity index (χ1n) is 23.7. The van der Waals surface area contributed by atoms with Crippen LogP contribution in [0.2, 0.25) is 0 Å². The molecule has 0 radical (unpaired) electrons. The van der Waals surface area contributed by atoms with Crippen LogP contribution in [0.5, 0.6) is 0 Å². The summed E-state index contributed by atoms with van der Waals surface area (Å²) in [5.41, 5.74) is 0. The Kier molecular flexibility index (Phi) is 43.1. The van der Waals surface area contributed by atoms with Crippen LogP contribution in [0.25, 0.3) is 0 Å². The van der Waals surface area contributed by atoms with Crippen molar-refractivity contribution >= 4 is 13.8 Å². The Morgan fingerprint density at radius 2 is 0.911 bits per heavy atom. The lowest BCUT2D eigenvalue weighted by Gasteiger charge is -2.20. The van der Waals surface area contributed by atoms with Crippen molar-refractivity contribution in [2.24, 2.45) is 0 Å². The zero-order valence-corrected chi connectivity index (χ0v) is 37.5. The van der Waals surface area contributed by atoms with Crippen molar-refractivity contribution in [2.75, 3.05) is 33.0 Å². The minimum absolute atomic E-state index is 0.0520. The van der Waals surface area contributed by atoms with Crippen LogP contribution in [0.3, 0.4) is 0 Å². The summed E-state index contributed by atoms with van der Waals surface area (Å²) < 4.78 is 33.4. The van der Waals surface area contributed by atoms with Crippen LogP contribution < -0.4 is 0 Å². The van der Waals surface area contributed by atoms with E-state index in [2.05, 4.69) is 26.0 Å². The van der Waals surface area contributed by atoms with Gasteiger partial charge in [-0.2, -0.15) is 0 Å². The number of rotatable bonds is 46. The van der Waals surface area contributed by atoms with Gasteiger partial charge in [0.15, 0.2) is 0 Å². The largest absolute Gasteiger partial charge is 0.472 e. The second-order valence-corrected chi connectivity index (χ2v) is 17.6. The lowest BCUT2D eigenvalue weighted by atomic mass is 10.0. The summed E-state index contributed by atoms with van der Waals surface area (Å²) in [5.74, 6) is -0.387. The highest BCUT2D eigenvalue weighted by Gasteiger charge is 2.26. The second kappa shape index (κ2) is 43.8. The Hall–Kier alpha value is -0.800. The molecule has 0 fully saturated rings. The van der Waals surface area contributed by atoms with E-state index in [1.807, 2.05) is 0 Å². The van der Waals surface area contributed by atoms with Crippen molar-refractivity contribution < 1.29 is 43.0 Å². The van der Waals surface area contributed by atoms with Gasteiger partial charge in [-0.15, -0.1) is 0 Å². The fourth-order valence-electron chi connectivity index (χ4n) is 6.82. The summed E-state index contributed by atoms with van der Waals surface area (Å²) in [6.45, 7) is 3.54. The summed E-state index contributed by atoms with van der Waals surface area (Å²) in [4.78, 5) is 22.6. The molecule has 0 aromatic rings. The lowest BCUT2D eigenvalue weighted by molar-refractivity contribution is -0.154. The molecule has 0 aliphatic heterocycles. The molecule has 0 aliphatic rings. The summed E-state index contributed by atoms with van der Waals surface area (Å²) in [6.07, 6.45) is 44.7. The van der Waals surface area contributed by atoms with E-state index in [-0.39, 0.29) is 25.6 Å². The van der Waals surface area contributed by atoms with E-state index in [4.69, 9.17) is 23.6 Å². The first-order valence-corrected chi connectivity index (χ1v) is 25.2. The highest BCUT2D eigenvalue weighted by Crippen LogP contribution is 2.43. The molecule has 9 nitrogen and oxygen atoms in total. The number of phosphoric acid groups is 1. The topological polar surface area (TPSA) is 132 Å². The van der Waals surface area contributed by atoms with Crippen LogP contribution in [0.1, 0.15) is 232 Å². The van der Waals surface area contributed by atoms with Gasteiger partial charge in [-0.05, 0) is 38.5 Å². The average Bonchev–Trinajstić information content (AvgIpc) is 3.19. The van der Waals surface area contributed by atoms with Crippen molar-refractivity contribution in [3.63, 3.8) is 0 Å². The highest BCUT2D eigenvalue weighted by atomic mass is 31.2. The van der Waals surface area contributed by atoms with Gasteiger partial charge in [0.25, 0.3) is 0 Å². The van der Waals surface area contributed by atoms with Crippen molar-refractivity contribution in [1.82, 2.24) is 0 Å². The van der Waals surface area contributed by atoms with Crippen molar-refractivity contribution in [3.8, 4) is 0 Å². The third-order valence-electron chi connectivity index (χ3n) is 10.5. The lowest BCUT2D eigenvalue weighted by Crippen LogP contribution is -2.29. The Morgan fingerprint density at radius 1 is 0.536 bits per heavy atom. The smallest absolute Gasteiger partial charge is 0.457 e. The minimum atomic E-state index is -4.51. The number of hydrogen-bond donors (Lipinski definition) is 3. The fourth-order valence-corrected chi connectivity index (χ4v) is 7.61. The maximum absolute atomic E-state index is 12.6. The highest BCUT2D eigenvalue weighted by molar-refractivity contribution is 7.47. The number of aliphatic hydroxyl groups is 2. The molecule has 0 rings (SSSR count). The molecule has 0 aromatic carbocycles. The monoisotopic (exact) mass is 819 g/mol. The molecule has 0 aliphatic carbocycles. The van der Waals surface area contributed by atoms with Crippen LogP contribution in [-0.2, 0) is 27.9 Å². The SMILES string of the molecule is CCCCCC/C=C\CCCCCCCC(=O)OC(COCCCCCCCCCCCCCCCCCCCCCCCC)COP(=O)(O)OCC(O)CO. The van der Waals surface area contributed by atoms with Gasteiger partial charge >= 0.3 is 13.8 Å². The van der Waals surface area contributed by atoms with Crippen LogP contribution in [0, 0.1) is 0 Å². The number of carbonyl (C=O) groups is 1. The molecule has 0 amide bonds. The number of allylic oxidation sites excluding steroid dienone is 2. The summed E-state index contributed by atoms with van der Waals surface area (Å²) in [7, 11) is -4.51. The van der Waals surface area contributed by atoms with Gasteiger partial charge in [-0.25, -0.2) is 4.57 Å². The van der Waals surface area contributed by atoms with Crippen LogP contribution in [0.15, 0.2) is 12.2 Å². The van der Waals surface area contributed by atoms with E-state index in [9.17, 15) is 19.4 Å². The molecular formula is C46H91O9P. The fraction of sp³-hybridized carbons (Fsp3) is 0.935. The van der Waals surface area contributed by atoms with Crippen molar-refractivity contribution in [1.29, 1.82) is 0 Å². The maximum Gasteiger partial charge on any atom is 0.472 e. The van der Waals surface area contributed by atoms with E-state index in [1.54, 1.807) is 0 Å². The third-order valence-corrected chi connectivity index (χ3v) is 11.4. The van der Waals surface area contributed by atoms with E-state index in [1.165, 1.54) is 161 Å². The van der Waals surface area contributed by atoms with Crippen LogP contribution in [0.4, 0.5) is 0 Å². The number of esters is 1. The number of unbranched alkanes of at least 4 members (excludes halogenated alkanes) is 30. The molecule has 3 atom stereocenters. The molecule has 10 heteroatoms. The predicted molar refractivity (Wildman–Crippen MR) is 233 cm³/mol. The van der Waals surface area contributed by atoms with Gasteiger partial charge in [0.05, 0.1) is 26.4 Å². The zero-order chi connectivity index (χ0) is 41.1. The standard InChI is InChI=1S/C46H91O9P/c1-3-5-7-9-11-13-15-17-18-19-20-21-22-23-24-25-27-29-31-33-35-37-39-52-42-45(43-54-56(50,51)53-41-44(48)40-47)55-46(49)38-36-34-32-30-28-26-16-14-12-10-8-6-4-2/h14,16,44-45,47-48H,3-13,15,17-43H2,1-2H3,(H,50,51)/b16-14-. The molecule has 3 N–H and O–H groups in total. The average molecular weight is 819 g/mol. The van der Waals surface area contributed by atoms with Crippen LogP contribution >= 0.6 is 7.82 Å². The molecule has 3 unspecified atom stereocenters. The van der Waals surface area contributed by atoms with Gasteiger partial charge in [-0.1, -0.05) is 199 Å². The molecule has 0 aromatic heterocycles. The number of phosphoric ester groups is 1. The Balaban J connectivity index is 4.02. The minimum Gasteiger partial charge on any atom is -0.457 e. The van der Waals surface area contributed by atoms with Gasteiger partial charge < -0.3 is 24.6 Å². The van der Waals surface area contributed by atoms with E-state index in [0.717, 1.165) is 51.4 Å². The van der Waals surface area contributed by atoms with Gasteiger partial charge in [-0.3, -0.25) is 13.8 Å². The maximum atomic E-state index is 12.6. The van der Waals surface area contributed by atoms with E-state index in [0.29, 0.717) is 6.61 Å². The van der Waals surface area contributed by atoms with E-state index >= 15 is 0 Å².